The molecule has 0 aliphatic carbocycles. The van der Waals surface area contributed by atoms with E-state index in [9.17, 15) is 4.79 Å². The van der Waals surface area contributed by atoms with Crippen LogP contribution in [0.1, 0.15) is 30.9 Å². The number of benzene rings is 2. The number of rotatable bonds is 7. The van der Waals surface area contributed by atoms with E-state index < -0.39 is 0 Å². The Balaban J connectivity index is 1.96. The van der Waals surface area contributed by atoms with Gasteiger partial charge in [0.15, 0.2) is 0 Å². The van der Waals surface area contributed by atoms with Crippen LogP contribution in [0.4, 0.5) is 0 Å². The monoisotopic (exact) mass is 310 g/mol. The van der Waals surface area contributed by atoms with Crippen molar-refractivity contribution in [3.05, 3.63) is 77.9 Å². The van der Waals surface area contributed by atoms with Crippen LogP contribution in [0, 0.1) is 0 Å². The van der Waals surface area contributed by atoms with E-state index in [4.69, 9.17) is 9.47 Å². The lowest BCUT2D eigenvalue weighted by Gasteiger charge is -2.14. The maximum atomic E-state index is 11.7. The van der Waals surface area contributed by atoms with Crippen molar-refractivity contribution in [1.82, 2.24) is 0 Å². The van der Waals surface area contributed by atoms with Crippen LogP contribution >= 0.6 is 0 Å². The van der Waals surface area contributed by atoms with Crippen LogP contribution in [0.2, 0.25) is 0 Å². The maximum Gasteiger partial charge on any atom is 0.334 e. The van der Waals surface area contributed by atoms with Crippen molar-refractivity contribution in [3.8, 4) is 5.75 Å². The molecule has 0 heterocycles. The first-order valence-electron chi connectivity index (χ1n) is 7.74. The molecule has 0 aromatic heterocycles. The van der Waals surface area contributed by atoms with Gasteiger partial charge in [-0.3, -0.25) is 0 Å². The summed E-state index contributed by atoms with van der Waals surface area (Å²) in [6, 6.07) is 17.7. The zero-order valence-corrected chi connectivity index (χ0v) is 13.6. The van der Waals surface area contributed by atoms with E-state index in [1.165, 1.54) is 0 Å². The molecule has 2 aromatic carbocycles. The van der Waals surface area contributed by atoms with Crippen molar-refractivity contribution < 1.29 is 14.3 Å². The van der Waals surface area contributed by atoms with Crippen LogP contribution in [0.15, 0.2) is 66.7 Å². The summed E-state index contributed by atoms with van der Waals surface area (Å²) in [5.41, 5.74) is 2.60. The Morgan fingerprint density at radius 3 is 2.35 bits per heavy atom. The predicted octanol–water partition coefficient (Wildman–Crippen LogP) is 4.49. The van der Waals surface area contributed by atoms with Crippen molar-refractivity contribution >= 4 is 5.97 Å². The molecule has 0 bridgehead atoms. The summed E-state index contributed by atoms with van der Waals surface area (Å²) in [7, 11) is 0. The average molecular weight is 310 g/mol. The number of hydrogen-bond acceptors (Lipinski definition) is 3. The molecule has 1 unspecified atom stereocenters. The third kappa shape index (κ3) is 4.71. The van der Waals surface area contributed by atoms with Gasteiger partial charge in [0.05, 0.1) is 6.61 Å². The second kappa shape index (κ2) is 8.18. The molecule has 3 heteroatoms. The van der Waals surface area contributed by atoms with E-state index in [0.29, 0.717) is 18.8 Å². The molecule has 2 aromatic rings. The van der Waals surface area contributed by atoms with Gasteiger partial charge in [-0.05, 0) is 30.2 Å². The van der Waals surface area contributed by atoms with E-state index in [1.807, 2.05) is 61.5 Å². The lowest BCUT2D eigenvalue weighted by molar-refractivity contribution is -0.138. The van der Waals surface area contributed by atoms with Crippen LogP contribution < -0.4 is 4.74 Å². The quantitative estimate of drug-likeness (QED) is 0.558. The topological polar surface area (TPSA) is 35.5 Å². The zero-order valence-electron chi connectivity index (χ0n) is 13.6. The highest BCUT2D eigenvalue weighted by Gasteiger charge is 2.17. The SMILES string of the molecule is C=C(C(=O)OCC)C(C)c1ccc(OCc2ccccc2)cc1. The zero-order chi connectivity index (χ0) is 16.7. The van der Waals surface area contributed by atoms with E-state index in [2.05, 4.69) is 6.58 Å². The van der Waals surface area contributed by atoms with Crippen LogP contribution in [-0.4, -0.2) is 12.6 Å². The van der Waals surface area contributed by atoms with Crippen molar-refractivity contribution in [3.63, 3.8) is 0 Å². The van der Waals surface area contributed by atoms with E-state index in [1.54, 1.807) is 6.92 Å². The first-order valence-corrected chi connectivity index (χ1v) is 7.74. The highest BCUT2D eigenvalue weighted by atomic mass is 16.5. The predicted molar refractivity (Wildman–Crippen MR) is 91.4 cm³/mol. The van der Waals surface area contributed by atoms with Gasteiger partial charge in [0.2, 0.25) is 0 Å². The minimum absolute atomic E-state index is 0.0859. The Hall–Kier alpha value is -2.55. The summed E-state index contributed by atoms with van der Waals surface area (Å²) in [4.78, 5) is 11.7. The molecule has 1 atom stereocenters. The van der Waals surface area contributed by atoms with Gasteiger partial charge in [0.25, 0.3) is 0 Å². The van der Waals surface area contributed by atoms with Crippen LogP contribution in [0.3, 0.4) is 0 Å². The molecule has 3 nitrogen and oxygen atoms in total. The van der Waals surface area contributed by atoms with Gasteiger partial charge in [-0.25, -0.2) is 4.79 Å². The summed E-state index contributed by atoms with van der Waals surface area (Å²) in [6.45, 7) is 8.46. The molecule has 0 aliphatic rings. The van der Waals surface area contributed by atoms with Crippen molar-refractivity contribution in [2.24, 2.45) is 0 Å². The summed E-state index contributed by atoms with van der Waals surface area (Å²) >= 11 is 0. The summed E-state index contributed by atoms with van der Waals surface area (Å²) in [5.74, 6) is 0.369. The molecule has 0 saturated heterocycles. The largest absolute Gasteiger partial charge is 0.489 e. The van der Waals surface area contributed by atoms with Gasteiger partial charge in [-0.2, -0.15) is 0 Å². The Morgan fingerprint density at radius 1 is 1.09 bits per heavy atom. The molecule has 0 aliphatic heterocycles. The first kappa shape index (κ1) is 16.8. The molecular weight excluding hydrogens is 288 g/mol. The van der Waals surface area contributed by atoms with Crippen molar-refractivity contribution in [2.75, 3.05) is 6.61 Å². The molecule has 0 fully saturated rings. The van der Waals surface area contributed by atoms with Gasteiger partial charge in [0, 0.05) is 11.5 Å². The minimum atomic E-state index is -0.343. The standard InChI is InChI=1S/C20H22O3/c1-4-22-20(21)16(3)15(2)18-10-12-19(13-11-18)23-14-17-8-6-5-7-9-17/h5-13,15H,3-4,14H2,1-2H3. The molecular formula is C20H22O3. The van der Waals surface area contributed by atoms with E-state index in [0.717, 1.165) is 16.9 Å². The normalized spacial score (nSPS) is 11.6. The van der Waals surface area contributed by atoms with Gasteiger partial charge in [0.1, 0.15) is 12.4 Å². The second-order valence-corrected chi connectivity index (χ2v) is 5.31. The van der Waals surface area contributed by atoms with E-state index >= 15 is 0 Å². The fourth-order valence-electron chi connectivity index (χ4n) is 2.20. The van der Waals surface area contributed by atoms with Crippen molar-refractivity contribution in [1.29, 1.82) is 0 Å². The van der Waals surface area contributed by atoms with Crippen LogP contribution in [-0.2, 0) is 16.1 Å². The molecule has 0 radical (unpaired) electrons. The van der Waals surface area contributed by atoms with Crippen molar-refractivity contribution in [2.45, 2.75) is 26.4 Å². The van der Waals surface area contributed by atoms with Gasteiger partial charge < -0.3 is 9.47 Å². The minimum Gasteiger partial charge on any atom is -0.489 e. The summed E-state index contributed by atoms with van der Waals surface area (Å²) in [5, 5.41) is 0. The molecule has 0 amide bonds. The Labute approximate surface area is 137 Å². The molecule has 0 saturated carbocycles. The van der Waals surface area contributed by atoms with Crippen LogP contribution in [0.5, 0.6) is 5.75 Å². The molecule has 0 spiro atoms. The number of carbonyl (C=O) groups is 1. The van der Waals surface area contributed by atoms with Gasteiger partial charge in [-0.15, -0.1) is 0 Å². The summed E-state index contributed by atoms with van der Waals surface area (Å²) in [6.07, 6.45) is 0. The summed E-state index contributed by atoms with van der Waals surface area (Å²) < 4.78 is 10.8. The average Bonchev–Trinajstić information content (AvgIpc) is 2.60. The first-order chi connectivity index (χ1) is 11.1. The fourth-order valence-corrected chi connectivity index (χ4v) is 2.20. The van der Waals surface area contributed by atoms with Gasteiger partial charge >= 0.3 is 5.97 Å². The number of carbonyl (C=O) groups excluding carboxylic acids is 1. The molecule has 120 valence electrons. The number of hydrogen-bond donors (Lipinski definition) is 0. The third-order valence-corrected chi connectivity index (χ3v) is 3.69. The highest BCUT2D eigenvalue weighted by molar-refractivity contribution is 5.89. The molecule has 23 heavy (non-hydrogen) atoms. The lowest BCUT2D eigenvalue weighted by atomic mass is 9.94. The molecule has 0 N–H and O–H groups in total. The Bertz CT molecular complexity index is 644. The van der Waals surface area contributed by atoms with E-state index in [-0.39, 0.29) is 11.9 Å². The Kier molecular flexibility index (Phi) is 5.98. The van der Waals surface area contributed by atoms with Gasteiger partial charge in [-0.1, -0.05) is 56.0 Å². The number of esters is 1. The highest BCUT2D eigenvalue weighted by Crippen LogP contribution is 2.25. The third-order valence-electron chi connectivity index (χ3n) is 3.69. The Morgan fingerprint density at radius 2 is 1.74 bits per heavy atom. The van der Waals surface area contributed by atoms with Crippen LogP contribution in [0.25, 0.3) is 0 Å². The second-order valence-electron chi connectivity index (χ2n) is 5.31. The maximum absolute atomic E-state index is 11.7. The lowest BCUT2D eigenvalue weighted by Crippen LogP contribution is -2.12. The molecule has 2 rings (SSSR count). The number of ether oxygens (including phenoxy) is 2. The fraction of sp³-hybridized carbons (Fsp3) is 0.250. The smallest absolute Gasteiger partial charge is 0.334 e.